The molecule has 0 radical (unpaired) electrons. The maximum atomic E-state index is 12.6. The van der Waals surface area contributed by atoms with Crippen LogP contribution in [0, 0.1) is 0 Å². The van der Waals surface area contributed by atoms with Gasteiger partial charge in [-0.1, -0.05) is 23.9 Å². The third-order valence-electron chi connectivity index (χ3n) is 5.37. The Morgan fingerprint density at radius 2 is 2.00 bits per heavy atom. The molecule has 1 fully saturated rings. The second kappa shape index (κ2) is 9.41. The normalized spacial score (nSPS) is 20.9. The number of amides is 1. The average Bonchev–Trinajstić information content (AvgIpc) is 3.26. The predicted molar refractivity (Wildman–Crippen MR) is 127 cm³/mol. The molecule has 0 aromatic heterocycles. The van der Waals surface area contributed by atoms with Crippen LogP contribution in [0.4, 0.5) is 5.69 Å². The molecule has 2 heterocycles. The fourth-order valence-corrected chi connectivity index (χ4v) is 7.42. The number of anilines is 1. The van der Waals surface area contributed by atoms with Crippen molar-refractivity contribution in [1.29, 1.82) is 0 Å². The summed E-state index contributed by atoms with van der Waals surface area (Å²) >= 11 is 1.45. The third-order valence-corrected chi connectivity index (χ3v) is 8.51. The van der Waals surface area contributed by atoms with Crippen molar-refractivity contribution in [3.8, 4) is 11.5 Å². The number of hydrogen-bond acceptors (Lipinski definition) is 8. The van der Waals surface area contributed by atoms with Crippen molar-refractivity contribution in [2.45, 2.75) is 17.7 Å². The van der Waals surface area contributed by atoms with Crippen LogP contribution in [0.5, 0.6) is 11.5 Å². The predicted octanol–water partition coefficient (Wildman–Crippen LogP) is 2.36. The zero-order chi connectivity index (χ0) is 22.7. The second-order valence-corrected chi connectivity index (χ2v) is 11.0. The van der Waals surface area contributed by atoms with Gasteiger partial charge in [0, 0.05) is 29.1 Å². The van der Waals surface area contributed by atoms with E-state index in [-0.39, 0.29) is 28.7 Å². The Labute approximate surface area is 191 Å². The summed E-state index contributed by atoms with van der Waals surface area (Å²) in [5.74, 6) is 1.53. The summed E-state index contributed by atoms with van der Waals surface area (Å²) in [6.45, 7) is 0.458. The summed E-state index contributed by atoms with van der Waals surface area (Å²) < 4.78 is 34.0. The van der Waals surface area contributed by atoms with E-state index >= 15 is 0 Å². The van der Waals surface area contributed by atoms with E-state index in [0.717, 1.165) is 17.0 Å². The highest BCUT2D eigenvalue weighted by Crippen LogP contribution is 2.34. The van der Waals surface area contributed by atoms with Gasteiger partial charge in [-0.3, -0.25) is 9.79 Å². The van der Waals surface area contributed by atoms with Gasteiger partial charge in [0.25, 0.3) is 5.91 Å². The lowest BCUT2D eigenvalue weighted by Crippen LogP contribution is -2.26. The lowest BCUT2D eigenvalue weighted by Gasteiger charge is -2.12. The molecule has 2 aliphatic rings. The molecule has 8 nitrogen and oxygen atoms in total. The van der Waals surface area contributed by atoms with Gasteiger partial charge in [0.1, 0.15) is 11.5 Å². The molecule has 2 atom stereocenters. The van der Waals surface area contributed by atoms with Gasteiger partial charge in [-0.05, 0) is 36.2 Å². The van der Waals surface area contributed by atoms with Crippen molar-refractivity contribution in [3.63, 3.8) is 0 Å². The Bertz CT molecular complexity index is 1150. The van der Waals surface area contributed by atoms with Gasteiger partial charge in [0.05, 0.1) is 31.8 Å². The van der Waals surface area contributed by atoms with Crippen molar-refractivity contribution >= 4 is 38.4 Å². The van der Waals surface area contributed by atoms with Crippen LogP contribution in [0.1, 0.15) is 15.9 Å². The van der Waals surface area contributed by atoms with Crippen LogP contribution < -0.4 is 20.1 Å². The highest BCUT2D eigenvalue weighted by Gasteiger charge is 2.42. The molecule has 1 amide bonds. The number of carbonyl (C=O) groups excluding carboxylic acids is 1. The average molecular weight is 476 g/mol. The van der Waals surface area contributed by atoms with E-state index in [0.29, 0.717) is 29.4 Å². The number of benzene rings is 2. The standard InChI is InChI=1S/C22H25N3O5S2/c1-29-17-7-6-14(19(11-17)30-2)8-9-23-21(26)15-4-3-5-16(10-15)24-22-25-18-12-32(27,28)13-20(18)31-22/h3-7,10-11,18,20H,8-9,12-13H2,1-2H3,(H,23,26)(H,24,25)/t18-,20-/m0/s1. The van der Waals surface area contributed by atoms with Gasteiger partial charge < -0.3 is 20.1 Å². The van der Waals surface area contributed by atoms with E-state index in [1.54, 1.807) is 32.4 Å². The Balaban J connectivity index is 1.33. The highest BCUT2D eigenvalue weighted by molar-refractivity contribution is 8.15. The Kier molecular flexibility index (Phi) is 6.61. The first-order valence-corrected chi connectivity index (χ1v) is 12.9. The number of aliphatic imine (C=N–C) groups is 1. The van der Waals surface area contributed by atoms with Gasteiger partial charge in [0.2, 0.25) is 0 Å². The molecule has 0 bridgehead atoms. The number of ether oxygens (including phenoxy) is 2. The lowest BCUT2D eigenvalue weighted by atomic mass is 10.1. The van der Waals surface area contributed by atoms with Crippen molar-refractivity contribution in [2.24, 2.45) is 4.99 Å². The summed E-state index contributed by atoms with van der Waals surface area (Å²) in [6.07, 6.45) is 0.621. The lowest BCUT2D eigenvalue weighted by molar-refractivity contribution is 0.0954. The summed E-state index contributed by atoms with van der Waals surface area (Å²) in [5, 5.41) is 6.81. The van der Waals surface area contributed by atoms with Crippen molar-refractivity contribution in [2.75, 3.05) is 37.6 Å². The topological polar surface area (TPSA) is 106 Å². The number of thioether (sulfide) groups is 1. The first-order valence-electron chi connectivity index (χ1n) is 10.2. The Hall–Kier alpha value is -2.72. The third kappa shape index (κ3) is 5.18. The minimum Gasteiger partial charge on any atom is -0.497 e. The van der Waals surface area contributed by atoms with E-state index in [1.165, 1.54) is 11.8 Å². The molecule has 170 valence electrons. The second-order valence-electron chi connectivity index (χ2n) is 7.62. The molecular weight excluding hydrogens is 450 g/mol. The van der Waals surface area contributed by atoms with E-state index in [2.05, 4.69) is 15.6 Å². The number of hydrogen-bond donors (Lipinski definition) is 2. The summed E-state index contributed by atoms with van der Waals surface area (Å²) in [5.41, 5.74) is 2.25. The largest absolute Gasteiger partial charge is 0.497 e. The number of nitrogens with one attached hydrogen (secondary N) is 2. The Morgan fingerprint density at radius 1 is 1.16 bits per heavy atom. The fraction of sp³-hybridized carbons (Fsp3) is 0.364. The molecule has 2 aliphatic heterocycles. The SMILES string of the molecule is COc1ccc(CCNC(=O)c2cccc(NC3=N[C@H]4CS(=O)(=O)C[C@@H]4S3)c2)c(OC)c1. The minimum atomic E-state index is -2.98. The van der Waals surface area contributed by atoms with Crippen LogP contribution in [0.2, 0.25) is 0 Å². The van der Waals surface area contributed by atoms with Gasteiger partial charge >= 0.3 is 0 Å². The van der Waals surface area contributed by atoms with Crippen LogP contribution >= 0.6 is 11.8 Å². The molecular formula is C22H25N3O5S2. The molecule has 0 saturated carbocycles. The van der Waals surface area contributed by atoms with E-state index in [4.69, 9.17) is 9.47 Å². The first-order chi connectivity index (χ1) is 15.4. The summed E-state index contributed by atoms with van der Waals surface area (Å²) in [7, 11) is 0.229. The number of rotatable bonds is 7. The van der Waals surface area contributed by atoms with Crippen LogP contribution in [0.25, 0.3) is 0 Å². The fourth-order valence-electron chi connectivity index (χ4n) is 3.75. The number of fused-ring (bicyclic) bond motifs is 1. The van der Waals surface area contributed by atoms with Crippen molar-refractivity contribution in [1.82, 2.24) is 5.32 Å². The number of sulfone groups is 1. The van der Waals surface area contributed by atoms with Gasteiger partial charge in [0.15, 0.2) is 15.0 Å². The first kappa shape index (κ1) is 22.5. The molecule has 2 N–H and O–H groups in total. The van der Waals surface area contributed by atoms with Gasteiger partial charge in [-0.15, -0.1) is 0 Å². The van der Waals surface area contributed by atoms with Crippen LogP contribution in [-0.4, -0.2) is 63.1 Å². The Morgan fingerprint density at radius 3 is 2.75 bits per heavy atom. The van der Waals surface area contributed by atoms with E-state index in [1.807, 2.05) is 24.3 Å². The molecule has 1 saturated heterocycles. The summed E-state index contributed by atoms with van der Waals surface area (Å²) in [4.78, 5) is 17.1. The zero-order valence-electron chi connectivity index (χ0n) is 17.8. The maximum absolute atomic E-state index is 12.6. The van der Waals surface area contributed by atoms with Gasteiger partial charge in [-0.2, -0.15) is 0 Å². The molecule has 0 spiro atoms. The minimum absolute atomic E-state index is 0.0241. The quantitative estimate of drug-likeness (QED) is 0.633. The molecule has 0 aliphatic carbocycles. The van der Waals surface area contributed by atoms with E-state index < -0.39 is 9.84 Å². The molecule has 4 rings (SSSR count). The van der Waals surface area contributed by atoms with Crippen LogP contribution in [0.3, 0.4) is 0 Å². The summed E-state index contributed by atoms with van der Waals surface area (Å²) in [6, 6.07) is 12.6. The van der Waals surface area contributed by atoms with Crippen LogP contribution in [0.15, 0.2) is 47.5 Å². The maximum Gasteiger partial charge on any atom is 0.251 e. The molecule has 32 heavy (non-hydrogen) atoms. The van der Waals surface area contributed by atoms with E-state index in [9.17, 15) is 13.2 Å². The molecule has 2 aromatic carbocycles. The van der Waals surface area contributed by atoms with Crippen LogP contribution in [-0.2, 0) is 16.3 Å². The monoisotopic (exact) mass is 475 g/mol. The smallest absolute Gasteiger partial charge is 0.251 e. The highest BCUT2D eigenvalue weighted by atomic mass is 32.2. The number of carbonyl (C=O) groups is 1. The number of methoxy groups -OCH3 is 2. The zero-order valence-corrected chi connectivity index (χ0v) is 19.5. The van der Waals surface area contributed by atoms with Crippen molar-refractivity contribution in [3.05, 3.63) is 53.6 Å². The molecule has 10 heteroatoms. The van der Waals surface area contributed by atoms with Crippen molar-refractivity contribution < 1.29 is 22.7 Å². The molecule has 2 aromatic rings. The molecule has 0 unspecified atom stereocenters. The van der Waals surface area contributed by atoms with Gasteiger partial charge in [-0.25, -0.2) is 8.42 Å². The number of amidine groups is 1. The number of nitrogens with zero attached hydrogens (tertiary/aromatic N) is 1.